The van der Waals surface area contributed by atoms with Gasteiger partial charge >= 0.3 is 5.97 Å². The molecular formula is C7H9N3O5S2. The quantitative estimate of drug-likeness (QED) is 0.622. The topological polar surface area (TPSA) is 139 Å². The van der Waals surface area contributed by atoms with Crippen LogP contribution in [0.2, 0.25) is 0 Å². The minimum atomic E-state index is -3.64. The van der Waals surface area contributed by atoms with Crippen molar-refractivity contribution in [3.63, 3.8) is 0 Å². The van der Waals surface area contributed by atoms with E-state index in [-0.39, 0.29) is 17.2 Å². The fourth-order valence-electron chi connectivity index (χ4n) is 0.859. The second-order valence-electron chi connectivity index (χ2n) is 2.97. The summed E-state index contributed by atoms with van der Waals surface area (Å²) in [6.45, 7) is -0.153. The Morgan fingerprint density at radius 3 is 2.65 bits per heavy atom. The van der Waals surface area contributed by atoms with E-state index in [0.29, 0.717) is 0 Å². The molecule has 0 aliphatic heterocycles. The number of sulfonamides is 1. The molecule has 0 unspecified atom stereocenters. The molecule has 0 spiro atoms. The number of carboxylic acids is 1. The molecule has 0 saturated heterocycles. The highest BCUT2D eigenvalue weighted by Crippen LogP contribution is 2.09. The summed E-state index contributed by atoms with van der Waals surface area (Å²) in [6.07, 6.45) is 0. The molecule has 0 bridgehead atoms. The van der Waals surface area contributed by atoms with Gasteiger partial charge in [-0.3, -0.25) is 4.79 Å². The molecule has 10 heteroatoms. The summed E-state index contributed by atoms with van der Waals surface area (Å²) < 4.78 is 21.2. The SMILES string of the molecule is NS(=O)(=O)CCNC(=O)c1nc(C(=O)O)cs1. The predicted molar refractivity (Wildman–Crippen MR) is 59.4 cm³/mol. The van der Waals surface area contributed by atoms with Gasteiger partial charge in [0.05, 0.1) is 5.75 Å². The van der Waals surface area contributed by atoms with Crippen LogP contribution in [-0.4, -0.2) is 42.7 Å². The number of nitrogens with two attached hydrogens (primary N) is 1. The minimum absolute atomic E-state index is 0.0446. The number of aromatic carboxylic acids is 1. The van der Waals surface area contributed by atoms with Crippen molar-refractivity contribution in [3.05, 3.63) is 16.1 Å². The average molecular weight is 279 g/mol. The maximum Gasteiger partial charge on any atom is 0.355 e. The molecule has 1 aromatic heterocycles. The number of primary sulfonamides is 1. The zero-order valence-corrected chi connectivity index (χ0v) is 10.0. The highest BCUT2D eigenvalue weighted by Gasteiger charge is 2.14. The van der Waals surface area contributed by atoms with Gasteiger partial charge in [-0.2, -0.15) is 0 Å². The zero-order valence-electron chi connectivity index (χ0n) is 8.41. The van der Waals surface area contributed by atoms with Crippen LogP contribution in [0.5, 0.6) is 0 Å². The number of hydrogen-bond donors (Lipinski definition) is 3. The number of hydrogen-bond acceptors (Lipinski definition) is 6. The fourth-order valence-corrected chi connectivity index (χ4v) is 1.95. The second-order valence-corrected chi connectivity index (χ2v) is 5.56. The number of nitrogens with zero attached hydrogens (tertiary/aromatic N) is 1. The summed E-state index contributed by atoms with van der Waals surface area (Å²) in [5, 5.41) is 16.8. The molecule has 8 nitrogen and oxygen atoms in total. The van der Waals surface area contributed by atoms with Crippen molar-refractivity contribution in [2.24, 2.45) is 5.14 Å². The highest BCUT2D eigenvalue weighted by molar-refractivity contribution is 7.89. The first-order chi connectivity index (χ1) is 7.79. The number of carbonyl (C=O) groups excluding carboxylic acids is 1. The Hall–Kier alpha value is -1.52. The lowest BCUT2D eigenvalue weighted by molar-refractivity contribution is 0.0691. The van der Waals surface area contributed by atoms with Gasteiger partial charge in [-0.15, -0.1) is 11.3 Å². The molecular weight excluding hydrogens is 270 g/mol. The Morgan fingerprint density at radius 1 is 1.53 bits per heavy atom. The minimum Gasteiger partial charge on any atom is -0.476 e. The maximum atomic E-state index is 11.4. The lowest BCUT2D eigenvalue weighted by Crippen LogP contribution is -2.31. The lowest BCUT2D eigenvalue weighted by Gasteiger charge is -2.00. The summed E-state index contributed by atoms with van der Waals surface area (Å²) in [4.78, 5) is 25.4. The third-order valence-electron chi connectivity index (χ3n) is 1.59. The van der Waals surface area contributed by atoms with Gasteiger partial charge < -0.3 is 10.4 Å². The van der Waals surface area contributed by atoms with E-state index in [2.05, 4.69) is 10.3 Å². The van der Waals surface area contributed by atoms with E-state index in [1.807, 2.05) is 0 Å². The number of carbonyl (C=O) groups is 2. The molecule has 0 aromatic carbocycles. The Kier molecular flexibility index (Phi) is 4.15. The van der Waals surface area contributed by atoms with Gasteiger partial charge in [0.1, 0.15) is 0 Å². The zero-order chi connectivity index (χ0) is 13.1. The van der Waals surface area contributed by atoms with Crippen molar-refractivity contribution in [3.8, 4) is 0 Å². The smallest absolute Gasteiger partial charge is 0.355 e. The molecule has 1 heterocycles. The monoisotopic (exact) mass is 279 g/mol. The van der Waals surface area contributed by atoms with E-state index < -0.39 is 27.7 Å². The molecule has 1 rings (SSSR count). The summed E-state index contributed by atoms with van der Waals surface area (Å²) >= 11 is 0.859. The van der Waals surface area contributed by atoms with E-state index in [0.717, 1.165) is 11.3 Å². The average Bonchev–Trinajstić information content (AvgIpc) is 2.63. The van der Waals surface area contributed by atoms with Crippen LogP contribution in [0.4, 0.5) is 0 Å². The number of nitrogens with one attached hydrogen (secondary N) is 1. The predicted octanol–water partition coefficient (Wildman–Crippen LogP) is -1.14. The van der Waals surface area contributed by atoms with Crippen molar-refractivity contribution < 1.29 is 23.1 Å². The van der Waals surface area contributed by atoms with Crippen LogP contribution in [0.15, 0.2) is 5.38 Å². The van der Waals surface area contributed by atoms with Crippen LogP contribution in [0.1, 0.15) is 20.3 Å². The first-order valence-corrected chi connectivity index (χ1v) is 6.86. The van der Waals surface area contributed by atoms with E-state index >= 15 is 0 Å². The molecule has 0 fully saturated rings. The first kappa shape index (κ1) is 13.5. The van der Waals surface area contributed by atoms with Gasteiger partial charge in [0.2, 0.25) is 10.0 Å². The Bertz CT molecular complexity index is 535. The molecule has 1 amide bonds. The molecule has 17 heavy (non-hydrogen) atoms. The maximum absolute atomic E-state index is 11.4. The largest absolute Gasteiger partial charge is 0.476 e. The van der Waals surface area contributed by atoms with Gasteiger partial charge in [0.15, 0.2) is 10.7 Å². The molecule has 0 aliphatic rings. The van der Waals surface area contributed by atoms with Crippen LogP contribution in [-0.2, 0) is 10.0 Å². The molecule has 0 aliphatic carbocycles. The van der Waals surface area contributed by atoms with Gasteiger partial charge in [-0.1, -0.05) is 0 Å². The van der Waals surface area contributed by atoms with Crippen LogP contribution >= 0.6 is 11.3 Å². The van der Waals surface area contributed by atoms with Crippen molar-refractivity contribution in [1.29, 1.82) is 0 Å². The van der Waals surface area contributed by atoms with E-state index in [1.165, 1.54) is 5.38 Å². The summed E-state index contributed by atoms with van der Waals surface area (Å²) in [7, 11) is -3.64. The van der Waals surface area contributed by atoms with E-state index in [9.17, 15) is 18.0 Å². The normalized spacial score (nSPS) is 11.1. The summed E-state index contributed by atoms with van der Waals surface area (Å²) in [6, 6.07) is 0. The number of thiazole rings is 1. The molecule has 0 atom stereocenters. The number of carboxylic acid groups (broad SMARTS) is 1. The van der Waals surface area contributed by atoms with Gasteiger partial charge in [-0.25, -0.2) is 23.3 Å². The Morgan fingerprint density at radius 2 is 2.18 bits per heavy atom. The van der Waals surface area contributed by atoms with E-state index in [1.54, 1.807) is 0 Å². The molecule has 0 saturated carbocycles. The Labute approximate surface area is 101 Å². The highest BCUT2D eigenvalue weighted by atomic mass is 32.2. The van der Waals surface area contributed by atoms with Crippen LogP contribution < -0.4 is 10.5 Å². The van der Waals surface area contributed by atoms with Crippen molar-refractivity contribution >= 4 is 33.2 Å². The number of rotatable bonds is 5. The summed E-state index contributed by atoms with van der Waals surface area (Å²) in [5.74, 6) is -2.26. The number of amides is 1. The fraction of sp³-hybridized carbons (Fsp3) is 0.286. The molecule has 0 radical (unpaired) electrons. The Balaban J connectivity index is 2.55. The van der Waals surface area contributed by atoms with Crippen LogP contribution in [0.3, 0.4) is 0 Å². The van der Waals surface area contributed by atoms with Crippen molar-refractivity contribution in [2.75, 3.05) is 12.3 Å². The van der Waals surface area contributed by atoms with Gasteiger partial charge in [0, 0.05) is 11.9 Å². The van der Waals surface area contributed by atoms with Crippen molar-refractivity contribution in [1.82, 2.24) is 10.3 Å². The first-order valence-electron chi connectivity index (χ1n) is 4.27. The van der Waals surface area contributed by atoms with Crippen molar-refractivity contribution in [2.45, 2.75) is 0 Å². The third kappa shape index (κ3) is 4.46. The third-order valence-corrected chi connectivity index (χ3v) is 3.20. The standard InChI is InChI=1S/C7H9N3O5S2/c8-17(14,15)2-1-9-5(11)6-10-4(3-16-6)7(12)13/h3H,1-2H2,(H,9,11)(H,12,13)(H2,8,14,15). The lowest BCUT2D eigenvalue weighted by atomic mass is 10.5. The number of aromatic nitrogens is 1. The molecule has 94 valence electrons. The van der Waals surface area contributed by atoms with Gasteiger partial charge in [0.25, 0.3) is 5.91 Å². The van der Waals surface area contributed by atoms with Crippen LogP contribution in [0, 0.1) is 0 Å². The van der Waals surface area contributed by atoms with E-state index in [4.69, 9.17) is 10.2 Å². The summed E-state index contributed by atoms with van der Waals surface area (Å²) in [5.41, 5.74) is -0.230. The van der Waals surface area contributed by atoms with Crippen LogP contribution in [0.25, 0.3) is 0 Å². The van der Waals surface area contributed by atoms with Gasteiger partial charge in [-0.05, 0) is 0 Å². The second kappa shape index (κ2) is 5.21. The molecule has 4 N–H and O–H groups in total. The molecule has 1 aromatic rings.